The van der Waals surface area contributed by atoms with Crippen molar-refractivity contribution in [3.63, 3.8) is 0 Å². The molecular weight excluding hydrogens is 394 g/mol. The Hall–Kier alpha value is -4.13. The van der Waals surface area contributed by atoms with Crippen molar-refractivity contribution in [1.82, 2.24) is 25.1 Å². The van der Waals surface area contributed by atoms with E-state index in [2.05, 4.69) is 45.5 Å². The molecule has 4 rings (SSSR count). The summed E-state index contributed by atoms with van der Waals surface area (Å²) in [6.45, 7) is 10.2. The van der Waals surface area contributed by atoms with Crippen molar-refractivity contribution in [3.05, 3.63) is 60.1 Å². The normalized spacial score (nSPS) is 14.0. The van der Waals surface area contributed by atoms with Gasteiger partial charge in [-0.1, -0.05) is 6.07 Å². The predicted molar refractivity (Wildman–Crippen MR) is 117 cm³/mol. The number of hydrogen-bond acceptors (Lipinski definition) is 9. The van der Waals surface area contributed by atoms with Crippen LogP contribution >= 0.6 is 0 Å². The molecule has 10 nitrogen and oxygen atoms in total. The van der Waals surface area contributed by atoms with Crippen LogP contribution in [0.4, 0.5) is 28.8 Å². The number of carbonyl (C=O) groups excluding carboxylic acids is 1. The molecule has 0 aromatic carbocycles. The molecule has 0 amide bonds. The second kappa shape index (κ2) is 9.13. The highest BCUT2D eigenvalue weighted by Crippen LogP contribution is 2.25. The fourth-order valence-electron chi connectivity index (χ4n) is 3.42. The molecule has 4 heterocycles. The molecule has 0 atom stereocenters. The third kappa shape index (κ3) is 4.90. The second-order valence-electron chi connectivity index (χ2n) is 7.16. The van der Waals surface area contributed by atoms with Gasteiger partial charge < -0.3 is 15.5 Å². The highest BCUT2D eigenvalue weighted by molar-refractivity contribution is 5.97. The number of nitrogens with one attached hydrogen (secondary N) is 2. The number of anilines is 4. The Balaban J connectivity index is 1.43. The lowest BCUT2D eigenvalue weighted by molar-refractivity contribution is 0.101. The highest BCUT2D eigenvalue weighted by Gasteiger charge is 2.22. The quantitative estimate of drug-likeness (QED) is 0.463. The monoisotopic (exact) mass is 415 g/mol. The molecule has 1 aliphatic rings. The predicted octanol–water partition coefficient (Wildman–Crippen LogP) is 3.24. The van der Waals surface area contributed by atoms with E-state index in [4.69, 9.17) is 6.57 Å². The lowest BCUT2D eigenvalue weighted by atomic mass is 10.0. The van der Waals surface area contributed by atoms with Gasteiger partial charge in [-0.3, -0.25) is 14.8 Å². The van der Waals surface area contributed by atoms with Crippen molar-refractivity contribution in [2.75, 3.05) is 28.6 Å². The van der Waals surface area contributed by atoms with Gasteiger partial charge in [0.25, 0.3) is 0 Å². The van der Waals surface area contributed by atoms with Gasteiger partial charge in [0.2, 0.25) is 5.69 Å². The van der Waals surface area contributed by atoms with Gasteiger partial charge in [0.15, 0.2) is 17.3 Å². The Morgan fingerprint density at radius 1 is 1.13 bits per heavy atom. The molecule has 31 heavy (non-hydrogen) atoms. The van der Waals surface area contributed by atoms with Crippen molar-refractivity contribution in [3.8, 4) is 0 Å². The van der Waals surface area contributed by atoms with Gasteiger partial charge in [-0.15, -0.1) is 10.2 Å². The summed E-state index contributed by atoms with van der Waals surface area (Å²) < 4.78 is 0. The fourth-order valence-corrected chi connectivity index (χ4v) is 3.42. The summed E-state index contributed by atoms with van der Waals surface area (Å²) in [5.41, 5.74) is 1.49. The number of ketones is 1. The Morgan fingerprint density at radius 3 is 2.61 bits per heavy atom. The summed E-state index contributed by atoms with van der Waals surface area (Å²) in [6.07, 6.45) is 8.10. The summed E-state index contributed by atoms with van der Waals surface area (Å²) >= 11 is 0. The van der Waals surface area contributed by atoms with E-state index < -0.39 is 0 Å². The lowest BCUT2D eigenvalue weighted by Gasteiger charge is -2.33. The fraction of sp³-hybridized carbons (Fsp3) is 0.286. The van der Waals surface area contributed by atoms with Gasteiger partial charge in [-0.05, 0) is 18.9 Å². The zero-order valence-corrected chi connectivity index (χ0v) is 17.0. The van der Waals surface area contributed by atoms with E-state index in [1.807, 2.05) is 6.07 Å². The van der Waals surface area contributed by atoms with Crippen molar-refractivity contribution in [2.45, 2.75) is 25.8 Å². The number of piperidine rings is 1. The molecule has 2 N–H and O–H groups in total. The summed E-state index contributed by atoms with van der Waals surface area (Å²) in [5.74, 6) is 1.75. The first kappa shape index (κ1) is 20.2. The zero-order valence-electron chi connectivity index (χ0n) is 17.0. The third-order valence-electron chi connectivity index (χ3n) is 4.99. The molecule has 0 saturated carbocycles. The number of aromatic nitrogens is 5. The van der Waals surface area contributed by atoms with E-state index >= 15 is 0 Å². The van der Waals surface area contributed by atoms with Crippen LogP contribution in [-0.4, -0.2) is 50.1 Å². The van der Waals surface area contributed by atoms with E-state index in [1.165, 1.54) is 6.92 Å². The van der Waals surface area contributed by atoms with Crippen molar-refractivity contribution in [1.29, 1.82) is 0 Å². The van der Waals surface area contributed by atoms with Crippen LogP contribution in [0, 0.1) is 6.57 Å². The molecule has 0 bridgehead atoms. The zero-order chi connectivity index (χ0) is 21.6. The summed E-state index contributed by atoms with van der Waals surface area (Å²) in [7, 11) is 0. The molecule has 1 fully saturated rings. The van der Waals surface area contributed by atoms with E-state index in [0.717, 1.165) is 31.7 Å². The Bertz CT molecular complexity index is 1090. The molecule has 0 aliphatic carbocycles. The van der Waals surface area contributed by atoms with Crippen LogP contribution in [0.25, 0.3) is 4.85 Å². The SMILES string of the molecule is [C-]#[N+]c1ccc(N2CCC(Nc3cc(Nc4cnccn4)nnc3C(C)=O)CC2)nc1. The number of rotatable bonds is 6. The highest BCUT2D eigenvalue weighted by atomic mass is 16.1. The minimum absolute atomic E-state index is 0.150. The van der Waals surface area contributed by atoms with E-state index in [0.29, 0.717) is 28.7 Å². The van der Waals surface area contributed by atoms with Crippen LogP contribution in [0.2, 0.25) is 0 Å². The van der Waals surface area contributed by atoms with Crippen molar-refractivity contribution in [2.24, 2.45) is 0 Å². The molecule has 0 unspecified atom stereocenters. The summed E-state index contributed by atoms with van der Waals surface area (Å²) in [6, 6.07) is 5.62. The van der Waals surface area contributed by atoms with Crippen LogP contribution in [0.1, 0.15) is 30.3 Å². The molecule has 156 valence electrons. The Kier molecular flexibility index (Phi) is 5.93. The molecule has 10 heteroatoms. The third-order valence-corrected chi connectivity index (χ3v) is 4.99. The first-order valence-electron chi connectivity index (χ1n) is 9.89. The number of nitrogens with zero attached hydrogens (tertiary/aromatic N) is 7. The maximum atomic E-state index is 12.0. The smallest absolute Gasteiger partial charge is 0.205 e. The van der Waals surface area contributed by atoms with Gasteiger partial charge >= 0.3 is 0 Å². The average molecular weight is 415 g/mol. The molecule has 3 aromatic rings. The van der Waals surface area contributed by atoms with E-state index in [1.54, 1.807) is 36.9 Å². The van der Waals surface area contributed by atoms with Gasteiger partial charge in [0.05, 0.1) is 18.5 Å². The van der Waals surface area contributed by atoms with Crippen LogP contribution in [0.3, 0.4) is 0 Å². The first-order chi connectivity index (χ1) is 15.1. The van der Waals surface area contributed by atoms with Crippen LogP contribution in [0.5, 0.6) is 0 Å². The molecule has 1 saturated heterocycles. The number of pyridine rings is 1. The van der Waals surface area contributed by atoms with Gasteiger partial charge in [-0.25, -0.2) is 9.83 Å². The molecular formula is C21H21N9O. The summed E-state index contributed by atoms with van der Waals surface area (Å²) in [5, 5.41) is 14.7. The van der Waals surface area contributed by atoms with Gasteiger partial charge in [0, 0.05) is 50.7 Å². The number of carbonyl (C=O) groups is 1. The lowest BCUT2D eigenvalue weighted by Crippen LogP contribution is -2.39. The minimum atomic E-state index is -0.150. The second-order valence-corrected chi connectivity index (χ2v) is 7.16. The maximum Gasteiger partial charge on any atom is 0.205 e. The van der Waals surface area contributed by atoms with Crippen molar-refractivity contribution >= 4 is 34.6 Å². The molecule has 3 aromatic heterocycles. The topological polar surface area (TPSA) is 113 Å². The standard InChI is InChI=1S/C21H21N9O/c1-14(31)21-17(11-18(28-29-21)27-19-13-23-7-8-24-19)26-15-5-9-30(10-6-15)20-4-3-16(22-2)12-25-20/h3-4,7-8,11-13,15H,5-6,9-10H2,1H3,(H2,24,26,27,28). The van der Waals surface area contributed by atoms with E-state index in [9.17, 15) is 4.79 Å². The first-order valence-corrected chi connectivity index (χ1v) is 9.89. The maximum absolute atomic E-state index is 12.0. The van der Waals surface area contributed by atoms with Crippen LogP contribution in [-0.2, 0) is 0 Å². The molecule has 0 radical (unpaired) electrons. The Morgan fingerprint density at radius 2 is 1.97 bits per heavy atom. The van der Waals surface area contributed by atoms with Gasteiger partial charge in [-0.2, -0.15) is 0 Å². The minimum Gasteiger partial charge on any atom is -0.380 e. The Labute approximate surface area is 179 Å². The van der Waals surface area contributed by atoms with Crippen LogP contribution in [0.15, 0.2) is 43.0 Å². The number of Topliss-reactive ketones (excluding diaryl/α,β-unsaturated/α-hetero) is 1. The average Bonchev–Trinajstić information content (AvgIpc) is 2.80. The van der Waals surface area contributed by atoms with Gasteiger partial charge in [0.1, 0.15) is 11.6 Å². The summed E-state index contributed by atoms with van der Waals surface area (Å²) in [4.78, 5) is 30.2. The molecule has 0 spiro atoms. The largest absolute Gasteiger partial charge is 0.380 e. The van der Waals surface area contributed by atoms with E-state index in [-0.39, 0.29) is 11.8 Å². The molecule has 1 aliphatic heterocycles. The number of hydrogen-bond donors (Lipinski definition) is 2. The van der Waals surface area contributed by atoms with Crippen molar-refractivity contribution < 1.29 is 4.79 Å². The van der Waals surface area contributed by atoms with Crippen LogP contribution < -0.4 is 15.5 Å².